The molecule has 0 radical (unpaired) electrons. The van der Waals surface area contributed by atoms with E-state index in [-0.39, 0.29) is 18.2 Å². The molecule has 7 nitrogen and oxygen atoms in total. The second-order valence-corrected chi connectivity index (χ2v) is 8.62. The minimum absolute atomic E-state index is 0.0209. The van der Waals surface area contributed by atoms with E-state index in [1.165, 1.54) is 11.4 Å². The molecular formula is C19H20ClN3O4S. The molecule has 0 unspecified atom stereocenters. The van der Waals surface area contributed by atoms with Gasteiger partial charge in [0.1, 0.15) is 5.75 Å². The molecular weight excluding hydrogens is 402 g/mol. The van der Waals surface area contributed by atoms with Gasteiger partial charge in [-0.15, -0.1) is 0 Å². The number of halogens is 1. The maximum Gasteiger partial charge on any atom is 0.242 e. The van der Waals surface area contributed by atoms with Gasteiger partial charge in [0.25, 0.3) is 0 Å². The predicted molar refractivity (Wildman–Crippen MR) is 106 cm³/mol. The highest BCUT2D eigenvalue weighted by molar-refractivity contribution is 7.88. The minimum atomic E-state index is -3.57. The topological polar surface area (TPSA) is 85.5 Å². The van der Waals surface area contributed by atoms with Gasteiger partial charge in [-0.3, -0.25) is 0 Å². The monoisotopic (exact) mass is 421 g/mol. The Labute approximate surface area is 168 Å². The largest absolute Gasteiger partial charge is 0.494 e. The summed E-state index contributed by atoms with van der Waals surface area (Å²) in [5.74, 6) is 1.19. The van der Waals surface area contributed by atoms with Gasteiger partial charge in [0.05, 0.1) is 18.9 Å². The van der Waals surface area contributed by atoms with E-state index in [0.717, 1.165) is 11.3 Å². The third-order valence-electron chi connectivity index (χ3n) is 3.96. The fourth-order valence-electron chi connectivity index (χ4n) is 2.54. The third-order valence-corrected chi connectivity index (χ3v) is 5.97. The number of rotatable bonds is 8. The Kier molecular flexibility index (Phi) is 6.33. The van der Waals surface area contributed by atoms with Crippen molar-refractivity contribution >= 4 is 21.6 Å². The maximum absolute atomic E-state index is 12.6. The Morgan fingerprint density at radius 1 is 1.18 bits per heavy atom. The van der Waals surface area contributed by atoms with Crippen molar-refractivity contribution < 1.29 is 17.7 Å². The molecule has 0 atom stereocenters. The molecule has 0 bridgehead atoms. The maximum atomic E-state index is 12.6. The number of ether oxygens (including phenoxy) is 1. The van der Waals surface area contributed by atoms with E-state index < -0.39 is 10.0 Å². The SMILES string of the molecule is CCOc1ccc(-c2noc(CN(C)S(=O)(=O)Cc3cccc(Cl)c3)n2)cc1. The van der Waals surface area contributed by atoms with Crippen molar-refractivity contribution in [2.75, 3.05) is 13.7 Å². The van der Waals surface area contributed by atoms with E-state index in [1.54, 1.807) is 24.3 Å². The van der Waals surface area contributed by atoms with Crippen LogP contribution < -0.4 is 4.74 Å². The molecule has 0 amide bonds. The Bertz CT molecular complexity index is 1040. The summed E-state index contributed by atoms with van der Waals surface area (Å²) in [6.07, 6.45) is 0. The van der Waals surface area contributed by atoms with E-state index in [4.69, 9.17) is 20.9 Å². The van der Waals surface area contributed by atoms with Gasteiger partial charge in [-0.1, -0.05) is 28.9 Å². The molecule has 0 fully saturated rings. The van der Waals surface area contributed by atoms with Gasteiger partial charge in [-0.05, 0) is 48.9 Å². The van der Waals surface area contributed by atoms with Crippen LogP contribution in [-0.4, -0.2) is 36.5 Å². The molecule has 1 heterocycles. The van der Waals surface area contributed by atoms with E-state index in [0.29, 0.717) is 23.0 Å². The first kappa shape index (κ1) is 20.3. The van der Waals surface area contributed by atoms with Crippen LogP contribution in [0, 0.1) is 0 Å². The van der Waals surface area contributed by atoms with Crippen molar-refractivity contribution in [1.82, 2.24) is 14.4 Å². The summed E-state index contributed by atoms with van der Waals surface area (Å²) in [5.41, 5.74) is 1.36. The first-order valence-corrected chi connectivity index (χ1v) is 10.6. The molecule has 148 valence electrons. The van der Waals surface area contributed by atoms with Crippen LogP contribution in [-0.2, 0) is 22.3 Å². The lowest BCUT2D eigenvalue weighted by Gasteiger charge is -2.15. The summed E-state index contributed by atoms with van der Waals surface area (Å²) < 4.78 is 36.9. The quantitative estimate of drug-likeness (QED) is 0.550. The molecule has 28 heavy (non-hydrogen) atoms. The Morgan fingerprint density at radius 3 is 2.61 bits per heavy atom. The summed E-state index contributed by atoms with van der Waals surface area (Å²) in [4.78, 5) is 4.28. The van der Waals surface area contributed by atoms with Crippen molar-refractivity contribution in [2.45, 2.75) is 19.2 Å². The molecule has 0 saturated heterocycles. The summed E-state index contributed by atoms with van der Waals surface area (Å²) in [6.45, 7) is 2.48. The molecule has 0 aliphatic carbocycles. The van der Waals surface area contributed by atoms with Crippen molar-refractivity contribution in [3.05, 3.63) is 65.0 Å². The smallest absolute Gasteiger partial charge is 0.242 e. The first-order valence-electron chi connectivity index (χ1n) is 8.61. The number of hydrogen-bond donors (Lipinski definition) is 0. The number of sulfonamides is 1. The molecule has 0 aliphatic rings. The number of benzene rings is 2. The van der Waals surface area contributed by atoms with Gasteiger partial charge in [-0.2, -0.15) is 9.29 Å². The third kappa shape index (κ3) is 5.09. The van der Waals surface area contributed by atoms with Crippen LogP contribution >= 0.6 is 11.6 Å². The van der Waals surface area contributed by atoms with Crippen LogP contribution in [0.3, 0.4) is 0 Å². The van der Waals surface area contributed by atoms with E-state index in [2.05, 4.69) is 10.1 Å². The fraction of sp³-hybridized carbons (Fsp3) is 0.263. The van der Waals surface area contributed by atoms with Gasteiger partial charge >= 0.3 is 0 Å². The summed E-state index contributed by atoms with van der Waals surface area (Å²) in [6, 6.07) is 14.0. The zero-order valence-corrected chi connectivity index (χ0v) is 17.1. The van der Waals surface area contributed by atoms with Crippen LogP contribution in [0.2, 0.25) is 5.02 Å². The van der Waals surface area contributed by atoms with Crippen molar-refractivity contribution in [3.63, 3.8) is 0 Å². The molecule has 3 rings (SSSR count). The second kappa shape index (κ2) is 8.72. The minimum Gasteiger partial charge on any atom is -0.494 e. The van der Waals surface area contributed by atoms with Crippen molar-refractivity contribution in [1.29, 1.82) is 0 Å². The van der Waals surface area contributed by atoms with Crippen LogP contribution in [0.1, 0.15) is 18.4 Å². The average Bonchev–Trinajstić information content (AvgIpc) is 3.11. The number of aromatic nitrogens is 2. The van der Waals surface area contributed by atoms with E-state index >= 15 is 0 Å². The highest BCUT2D eigenvalue weighted by atomic mass is 35.5. The number of nitrogens with zero attached hydrogens (tertiary/aromatic N) is 3. The normalized spacial score (nSPS) is 11.7. The lowest BCUT2D eigenvalue weighted by molar-refractivity contribution is 0.336. The van der Waals surface area contributed by atoms with Crippen molar-refractivity contribution in [2.24, 2.45) is 0 Å². The standard InChI is InChI=1S/C19H20ClN3O4S/c1-3-26-17-9-7-15(8-10-17)19-21-18(27-22-19)12-23(2)28(24,25)13-14-5-4-6-16(20)11-14/h4-11H,3,12-13H2,1-2H3. The Morgan fingerprint density at radius 2 is 1.93 bits per heavy atom. The van der Waals surface area contributed by atoms with E-state index in [1.807, 2.05) is 31.2 Å². The summed E-state index contributed by atoms with van der Waals surface area (Å²) >= 11 is 5.92. The zero-order chi connectivity index (χ0) is 20.1. The van der Waals surface area contributed by atoms with Gasteiger partial charge < -0.3 is 9.26 Å². The summed E-state index contributed by atoms with van der Waals surface area (Å²) in [7, 11) is -2.09. The molecule has 9 heteroatoms. The summed E-state index contributed by atoms with van der Waals surface area (Å²) in [5, 5.41) is 4.42. The average molecular weight is 422 g/mol. The van der Waals surface area contributed by atoms with Gasteiger partial charge in [0.2, 0.25) is 21.7 Å². The van der Waals surface area contributed by atoms with Crippen LogP contribution in [0.15, 0.2) is 53.1 Å². The molecule has 0 aliphatic heterocycles. The molecule has 2 aromatic carbocycles. The molecule has 0 saturated carbocycles. The Balaban J connectivity index is 1.68. The van der Waals surface area contributed by atoms with Gasteiger partial charge in [0, 0.05) is 17.6 Å². The fourth-order valence-corrected chi connectivity index (χ4v) is 3.88. The van der Waals surface area contributed by atoms with Crippen LogP contribution in [0.25, 0.3) is 11.4 Å². The highest BCUT2D eigenvalue weighted by Gasteiger charge is 2.21. The molecule has 1 aromatic heterocycles. The second-order valence-electron chi connectivity index (χ2n) is 6.11. The van der Waals surface area contributed by atoms with Gasteiger partial charge in [-0.25, -0.2) is 8.42 Å². The highest BCUT2D eigenvalue weighted by Crippen LogP contribution is 2.21. The predicted octanol–water partition coefficient (Wildman–Crippen LogP) is 3.75. The zero-order valence-electron chi connectivity index (χ0n) is 15.5. The lowest BCUT2D eigenvalue weighted by Crippen LogP contribution is -2.27. The molecule has 3 aromatic rings. The van der Waals surface area contributed by atoms with E-state index in [9.17, 15) is 8.42 Å². The first-order chi connectivity index (χ1) is 13.4. The van der Waals surface area contributed by atoms with Crippen molar-refractivity contribution in [3.8, 4) is 17.1 Å². The molecule has 0 spiro atoms. The van der Waals surface area contributed by atoms with Crippen LogP contribution in [0.5, 0.6) is 5.75 Å². The Hall–Kier alpha value is -2.42. The number of hydrogen-bond acceptors (Lipinski definition) is 6. The lowest BCUT2D eigenvalue weighted by atomic mass is 10.2. The van der Waals surface area contributed by atoms with Crippen LogP contribution in [0.4, 0.5) is 0 Å². The van der Waals surface area contributed by atoms with Gasteiger partial charge in [0.15, 0.2) is 0 Å². The molecule has 0 N–H and O–H groups in total.